The lowest BCUT2D eigenvalue weighted by atomic mass is 10.1. The van der Waals surface area contributed by atoms with E-state index in [1.807, 2.05) is 53.4 Å². The van der Waals surface area contributed by atoms with Crippen LogP contribution in [0.2, 0.25) is 0 Å². The van der Waals surface area contributed by atoms with Gasteiger partial charge in [-0.15, -0.1) is 0 Å². The van der Waals surface area contributed by atoms with Crippen molar-refractivity contribution in [1.82, 2.24) is 4.90 Å². The Bertz CT molecular complexity index is 944. The number of hydrogen-bond acceptors (Lipinski definition) is 5. The molecule has 0 spiro atoms. The number of thiocarbonyl (C=S) groups is 1. The maximum atomic E-state index is 12.1. The highest BCUT2D eigenvalue weighted by Crippen LogP contribution is 2.23. The maximum Gasteiger partial charge on any atom is 0.174 e. The molecule has 0 bridgehead atoms. The third kappa shape index (κ3) is 6.09. The smallest absolute Gasteiger partial charge is 0.174 e. The molecule has 1 aliphatic rings. The SMILES string of the molecule is CCCOc1ccc(CN(C(=S)Nc2ccc(OC)cc2)C2CCS(=O)(=O)C2)cc1. The average molecular weight is 449 g/mol. The molecule has 3 rings (SSSR count). The van der Waals surface area contributed by atoms with Crippen LogP contribution in [0.4, 0.5) is 5.69 Å². The van der Waals surface area contributed by atoms with E-state index >= 15 is 0 Å². The van der Waals surface area contributed by atoms with Crippen LogP contribution in [0.25, 0.3) is 0 Å². The Balaban J connectivity index is 1.75. The van der Waals surface area contributed by atoms with Gasteiger partial charge in [-0.1, -0.05) is 19.1 Å². The molecular formula is C22H28N2O4S2. The van der Waals surface area contributed by atoms with Gasteiger partial charge in [-0.2, -0.15) is 0 Å². The predicted molar refractivity (Wildman–Crippen MR) is 124 cm³/mol. The van der Waals surface area contributed by atoms with Crippen molar-refractivity contribution in [2.45, 2.75) is 32.4 Å². The first-order valence-electron chi connectivity index (χ1n) is 10.0. The fourth-order valence-electron chi connectivity index (χ4n) is 3.37. The lowest BCUT2D eigenvalue weighted by molar-refractivity contribution is 0.316. The topological polar surface area (TPSA) is 67.9 Å². The van der Waals surface area contributed by atoms with Gasteiger partial charge in [0.2, 0.25) is 0 Å². The highest BCUT2D eigenvalue weighted by atomic mass is 32.2. The van der Waals surface area contributed by atoms with Crippen molar-refractivity contribution >= 4 is 32.9 Å². The number of ether oxygens (including phenoxy) is 2. The van der Waals surface area contributed by atoms with Gasteiger partial charge in [0.1, 0.15) is 11.5 Å². The zero-order valence-electron chi connectivity index (χ0n) is 17.3. The monoisotopic (exact) mass is 448 g/mol. The van der Waals surface area contributed by atoms with Crippen molar-refractivity contribution in [2.75, 3.05) is 30.5 Å². The van der Waals surface area contributed by atoms with Crippen LogP contribution in [0.3, 0.4) is 0 Å². The summed E-state index contributed by atoms with van der Waals surface area (Å²) in [5, 5.41) is 3.75. The first kappa shape index (κ1) is 22.4. The van der Waals surface area contributed by atoms with Crippen LogP contribution in [0.15, 0.2) is 48.5 Å². The number of nitrogens with zero attached hydrogens (tertiary/aromatic N) is 1. The Morgan fingerprint density at radius 2 is 1.80 bits per heavy atom. The van der Waals surface area contributed by atoms with Crippen molar-refractivity contribution < 1.29 is 17.9 Å². The van der Waals surface area contributed by atoms with Crippen LogP contribution in [0.5, 0.6) is 11.5 Å². The molecule has 30 heavy (non-hydrogen) atoms. The molecule has 2 aromatic carbocycles. The Morgan fingerprint density at radius 1 is 1.13 bits per heavy atom. The van der Waals surface area contributed by atoms with Crippen molar-refractivity contribution in [3.63, 3.8) is 0 Å². The highest BCUT2D eigenvalue weighted by molar-refractivity contribution is 7.91. The van der Waals surface area contributed by atoms with E-state index < -0.39 is 9.84 Å². The van der Waals surface area contributed by atoms with E-state index in [-0.39, 0.29) is 17.5 Å². The summed E-state index contributed by atoms with van der Waals surface area (Å²) in [7, 11) is -1.41. The quantitative estimate of drug-likeness (QED) is 0.615. The minimum Gasteiger partial charge on any atom is -0.497 e. The molecule has 1 aliphatic heterocycles. The third-order valence-electron chi connectivity index (χ3n) is 5.00. The zero-order valence-corrected chi connectivity index (χ0v) is 19.0. The van der Waals surface area contributed by atoms with Crippen molar-refractivity contribution in [1.29, 1.82) is 0 Å². The Kier molecular flexibility index (Phi) is 7.55. The van der Waals surface area contributed by atoms with E-state index in [0.29, 0.717) is 24.7 Å². The molecule has 1 heterocycles. The Morgan fingerprint density at radius 3 is 2.37 bits per heavy atom. The zero-order chi connectivity index (χ0) is 21.6. The summed E-state index contributed by atoms with van der Waals surface area (Å²) >= 11 is 5.68. The Labute approximate surface area is 184 Å². The molecule has 1 unspecified atom stereocenters. The van der Waals surface area contributed by atoms with E-state index in [1.165, 1.54) is 0 Å². The second-order valence-electron chi connectivity index (χ2n) is 7.34. The predicted octanol–water partition coefficient (Wildman–Crippen LogP) is 3.87. The molecule has 0 aliphatic carbocycles. The number of benzene rings is 2. The molecular weight excluding hydrogens is 420 g/mol. The molecule has 0 amide bonds. The largest absolute Gasteiger partial charge is 0.497 e. The van der Waals surface area contributed by atoms with Crippen molar-refractivity contribution in [2.24, 2.45) is 0 Å². The van der Waals surface area contributed by atoms with E-state index in [9.17, 15) is 8.42 Å². The molecule has 2 aromatic rings. The number of methoxy groups -OCH3 is 1. The van der Waals surface area contributed by atoms with Crippen molar-refractivity contribution in [3.8, 4) is 11.5 Å². The minimum atomic E-state index is -3.03. The molecule has 162 valence electrons. The molecule has 0 saturated carbocycles. The van der Waals surface area contributed by atoms with Crippen molar-refractivity contribution in [3.05, 3.63) is 54.1 Å². The molecule has 1 atom stereocenters. The summed E-state index contributed by atoms with van der Waals surface area (Å²) in [6, 6.07) is 15.2. The standard InChI is InChI=1S/C22H28N2O4S2/c1-3-13-28-21-8-4-17(5-9-21)15-24(19-12-14-30(25,26)16-19)22(29)23-18-6-10-20(27-2)11-7-18/h4-11,19H,3,12-16H2,1-2H3,(H,23,29). The first-order valence-corrected chi connectivity index (χ1v) is 12.3. The number of sulfone groups is 1. The summed E-state index contributed by atoms with van der Waals surface area (Å²) < 4.78 is 35.0. The molecule has 6 nitrogen and oxygen atoms in total. The summed E-state index contributed by atoms with van der Waals surface area (Å²) in [5.74, 6) is 1.91. The second kappa shape index (κ2) is 10.1. The van der Waals surface area contributed by atoms with Gasteiger partial charge in [-0.3, -0.25) is 0 Å². The second-order valence-corrected chi connectivity index (χ2v) is 9.95. The van der Waals surface area contributed by atoms with Gasteiger partial charge in [0, 0.05) is 18.3 Å². The number of anilines is 1. The number of rotatable bonds is 8. The van der Waals surface area contributed by atoms with Crippen LogP contribution in [-0.4, -0.2) is 49.7 Å². The number of nitrogens with one attached hydrogen (secondary N) is 1. The summed E-state index contributed by atoms with van der Waals surface area (Å²) in [6.07, 6.45) is 1.53. The van der Waals surface area contributed by atoms with Crippen LogP contribution in [0, 0.1) is 0 Å². The van der Waals surface area contributed by atoms with Gasteiger partial charge < -0.3 is 19.7 Å². The van der Waals surface area contributed by atoms with Gasteiger partial charge in [0.25, 0.3) is 0 Å². The molecule has 1 N–H and O–H groups in total. The molecule has 0 radical (unpaired) electrons. The van der Waals surface area contributed by atoms with E-state index in [0.717, 1.165) is 29.2 Å². The highest BCUT2D eigenvalue weighted by Gasteiger charge is 2.33. The molecule has 8 heteroatoms. The minimum absolute atomic E-state index is 0.120. The van der Waals surface area contributed by atoms with Gasteiger partial charge in [0.15, 0.2) is 14.9 Å². The fourth-order valence-corrected chi connectivity index (χ4v) is 5.43. The van der Waals surface area contributed by atoms with Crippen LogP contribution >= 0.6 is 12.2 Å². The Hall–Kier alpha value is -2.32. The first-order chi connectivity index (χ1) is 14.4. The van der Waals surface area contributed by atoms with Crippen LogP contribution in [-0.2, 0) is 16.4 Å². The lowest BCUT2D eigenvalue weighted by Crippen LogP contribution is -2.43. The van der Waals surface area contributed by atoms with Gasteiger partial charge in [-0.25, -0.2) is 8.42 Å². The van der Waals surface area contributed by atoms with E-state index in [4.69, 9.17) is 21.7 Å². The maximum absolute atomic E-state index is 12.1. The van der Waals surface area contributed by atoms with Gasteiger partial charge >= 0.3 is 0 Å². The molecule has 0 aromatic heterocycles. The van der Waals surface area contributed by atoms with E-state index in [2.05, 4.69) is 12.2 Å². The van der Waals surface area contributed by atoms with Gasteiger partial charge in [-0.05, 0) is 67.0 Å². The summed E-state index contributed by atoms with van der Waals surface area (Å²) in [5.41, 5.74) is 1.87. The summed E-state index contributed by atoms with van der Waals surface area (Å²) in [4.78, 5) is 1.98. The fraction of sp³-hybridized carbons (Fsp3) is 0.409. The molecule has 1 saturated heterocycles. The molecule has 1 fully saturated rings. The third-order valence-corrected chi connectivity index (χ3v) is 7.09. The summed E-state index contributed by atoms with van der Waals surface area (Å²) in [6.45, 7) is 3.27. The van der Waals surface area contributed by atoms with Gasteiger partial charge in [0.05, 0.1) is 25.2 Å². The number of hydrogen-bond donors (Lipinski definition) is 1. The average Bonchev–Trinajstić information content (AvgIpc) is 3.11. The van der Waals surface area contributed by atoms with E-state index in [1.54, 1.807) is 7.11 Å². The van der Waals surface area contributed by atoms with Crippen LogP contribution < -0.4 is 14.8 Å². The lowest BCUT2D eigenvalue weighted by Gasteiger charge is -2.31. The van der Waals surface area contributed by atoms with Crippen LogP contribution in [0.1, 0.15) is 25.3 Å². The normalized spacial score (nSPS) is 17.3.